The van der Waals surface area contributed by atoms with Crippen LogP contribution in [0, 0.1) is 0 Å². The van der Waals surface area contributed by atoms with Crippen LogP contribution in [0.1, 0.15) is 20.3 Å². The van der Waals surface area contributed by atoms with Crippen molar-refractivity contribution in [2.75, 3.05) is 20.3 Å². The number of methoxy groups -OCH3 is 1. The molecule has 0 aliphatic carbocycles. The number of hydrogen-bond donors (Lipinski definition) is 0. The summed E-state index contributed by atoms with van der Waals surface area (Å²) in [5, 5.41) is 0.747. The summed E-state index contributed by atoms with van der Waals surface area (Å²) in [6, 6.07) is 4.72. The first-order chi connectivity index (χ1) is 14.4. The molecule has 0 unspecified atom stereocenters. The van der Waals surface area contributed by atoms with Crippen LogP contribution >= 0.6 is 15.9 Å². The summed E-state index contributed by atoms with van der Waals surface area (Å²) in [6.07, 6.45) is 0.0484. The highest BCUT2D eigenvalue weighted by Crippen LogP contribution is 2.39. The van der Waals surface area contributed by atoms with Crippen molar-refractivity contribution in [3.8, 4) is 17.4 Å². The van der Waals surface area contributed by atoms with Crippen molar-refractivity contribution in [1.82, 2.24) is 9.88 Å². The third kappa shape index (κ3) is 4.51. The zero-order valence-corrected chi connectivity index (χ0v) is 18.6. The number of fused-ring (bicyclic) bond motifs is 1. The molecule has 0 saturated carbocycles. The minimum Gasteiger partial charge on any atom is -0.495 e. The number of carbonyl (C=O) groups is 2. The molecule has 0 N–H and O–H groups in total. The molecule has 1 saturated heterocycles. The zero-order chi connectivity index (χ0) is 21.8. The highest BCUT2D eigenvalue weighted by Gasteiger charge is 2.38. The molecule has 2 aromatic rings. The first-order valence-corrected chi connectivity index (χ1v) is 10.2. The van der Waals surface area contributed by atoms with E-state index in [-0.39, 0.29) is 12.3 Å². The number of allylic oxidation sites excluding steroid dienone is 1. The molecule has 1 aliphatic rings. The molecule has 30 heavy (non-hydrogen) atoms. The number of pyridine rings is 1. The highest BCUT2D eigenvalue weighted by atomic mass is 79.9. The van der Waals surface area contributed by atoms with Gasteiger partial charge in [-0.25, -0.2) is 9.78 Å². The summed E-state index contributed by atoms with van der Waals surface area (Å²) in [5.74, 6) is 1.83. The van der Waals surface area contributed by atoms with E-state index in [0.717, 1.165) is 11.7 Å². The fraction of sp³-hybridized carbons (Fsp3) is 0.381. The number of aldehydes is 1. The molecule has 0 radical (unpaired) electrons. The van der Waals surface area contributed by atoms with E-state index < -0.39 is 18.2 Å². The molecule has 2 heterocycles. The van der Waals surface area contributed by atoms with Gasteiger partial charge >= 0.3 is 6.09 Å². The molecule has 1 aromatic carbocycles. The van der Waals surface area contributed by atoms with Gasteiger partial charge in [-0.3, -0.25) is 4.90 Å². The van der Waals surface area contributed by atoms with Gasteiger partial charge in [0.15, 0.2) is 0 Å². The van der Waals surface area contributed by atoms with Crippen molar-refractivity contribution < 1.29 is 28.5 Å². The fourth-order valence-electron chi connectivity index (χ4n) is 3.30. The summed E-state index contributed by atoms with van der Waals surface area (Å²) in [6.45, 7) is 7.65. The lowest BCUT2D eigenvalue weighted by atomic mass is 10.1. The van der Waals surface area contributed by atoms with Crippen LogP contribution < -0.4 is 14.2 Å². The van der Waals surface area contributed by atoms with Crippen LogP contribution in [-0.4, -0.2) is 54.7 Å². The van der Waals surface area contributed by atoms with Gasteiger partial charge in [-0.05, 0) is 41.9 Å². The van der Waals surface area contributed by atoms with Crippen molar-refractivity contribution in [2.45, 2.75) is 32.4 Å². The van der Waals surface area contributed by atoms with E-state index in [1.807, 2.05) is 13.0 Å². The topological polar surface area (TPSA) is 87.2 Å². The first kappa shape index (κ1) is 21.9. The number of halogens is 1. The van der Waals surface area contributed by atoms with E-state index >= 15 is 0 Å². The lowest BCUT2D eigenvalue weighted by Crippen LogP contribution is -2.37. The average Bonchev–Trinajstić information content (AvgIpc) is 3.11. The van der Waals surface area contributed by atoms with Crippen molar-refractivity contribution in [1.29, 1.82) is 0 Å². The van der Waals surface area contributed by atoms with Crippen LogP contribution in [0.15, 0.2) is 35.0 Å². The molecule has 9 heteroatoms. The Morgan fingerprint density at radius 3 is 2.80 bits per heavy atom. The molecule has 160 valence electrons. The quantitative estimate of drug-likeness (QED) is 0.437. The number of carbonyl (C=O) groups excluding carboxylic acids is 2. The Morgan fingerprint density at radius 2 is 2.17 bits per heavy atom. The Bertz CT molecular complexity index is 980. The van der Waals surface area contributed by atoms with Gasteiger partial charge in [0.25, 0.3) is 0 Å². The van der Waals surface area contributed by atoms with E-state index in [0.29, 0.717) is 40.4 Å². The number of amides is 1. The van der Waals surface area contributed by atoms with Gasteiger partial charge in [0, 0.05) is 17.9 Å². The number of ether oxygens (including phenoxy) is 4. The van der Waals surface area contributed by atoms with Crippen molar-refractivity contribution in [3.05, 3.63) is 35.0 Å². The highest BCUT2D eigenvalue weighted by molar-refractivity contribution is 9.10. The van der Waals surface area contributed by atoms with Crippen LogP contribution in [0.2, 0.25) is 0 Å². The Kier molecular flexibility index (Phi) is 6.81. The summed E-state index contributed by atoms with van der Waals surface area (Å²) in [7, 11) is 1.58. The van der Waals surface area contributed by atoms with Crippen molar-refractivity contribution in [3.63, 3.8) is 0 Å². The smallest absolute Gasteiger partial charge is 0.415 e. The fourth-order valence-corrected chi connectivity index (χ4v) is 3.90. The summed E-state index contributed by atoms with van der Waals surface area (Å²) < 4.78 is 22.9. The number of hydrogen-bond acceptors (Lipinski definition) is 7. The van der Waals surface area contributed by atoms with Gasteiger partial charge in [-0.15, -0.1) is 0 Å². The molecule has 3 rings (SSSR count). The molecular weight excluding hydrogens is 456 g/mol. The first-order valence-electron chi connectivity index (χ1n) is 9.43. The minimum atomic E-state index is -0.631. The molecule has 0 spiro atoms. The number of aromatic nitrogens is 1. The second-order valence-electron chi connectivity index (χ2n) is 6.77. The van der Waals surface area contributed by atoms with Crippen molar-refractivity contribution >= 4 is 39.2 Å². The third-order valence-corrected chi connectivity index (χ3v) is 5.35. The van der Waals surface area contributed by atoms with Crippen LogP contribution in [0.3, 0.4) is 0 Å². The molecule has 2 atom stereocenters. The van der Waals surface area contributed by atoms with Crippen LogP contribution in [0.25, 0.3) is 10.9 Å². The largest absolute Gasteiger partial charge is 0.495 e. The van der Waals surface area contributed by atoms with Crippen LogP contribution in [0.4, 0.5) is 4.79 Å². The number of likely N-dealkylation sites (tertiary alicyclic amines) is 1. The molecule has 1 aliphatic heterocycles. The Morgan fingerprint density at radius 1 is 1.40 bits per heavy atom. The van der Waals surface area contributed by atoms with E-state index in [2.05, 4.69) is 27.5 Å². The lowest BCUT2D eigenvalue weighted by Gasteiger charge is -2.20. The number of rotatable bonds is 7. The third-order valence-electron chi connectivity index (χ3n) is 4.59. The van der Waals surface area contributed by atoms with Crippen LogP contribution in [0.5, 0.6) is 17.4 Å². The van der Waals surface area contributed by atoms with E-state index in [1.54, 1.807) is 26.2 Å². The van der Waals surface area contributed by atoms with Crippen molar-refractivity contribution in [2.24, 2.45) is 0 Å². The summed E-state index contributed by atoms with van der Waals surface area (Å²) in [4.78, 5) is 29.6. The predicted octanol–water partition coefficient (Wildman–Crippen LogP) is 4.10. The van der Waals surface area contributed by atoms with E-state index in [4.69, 9.17) is 18.9 Å². The molecule has 1 amide bonds. The van der Waals surface area contributed by atoms with Crippen LogP contribution in [-0.2, 0) is 9.53 Å². The zero-order valence-electron chi connectivity index (χ0n) is 17.0. The second-order valence-corrected chi connectivity index (χ2v) is 7.56. The molecular formula is C21H23BrN2O6. The molecule has 0 bridgehead atoms. The molecule has 1 aromatic heterocycles. The Labute approximate surface area is 182 Å². The summed E-state index contributed by atoms with van der Waals surface area (Å²) in [5.41, 5.74) is 0.624. The normalized spacial score (nSPS) is 18.2. The average molecular weight is 479 g/mol. The number of benzene rings is 1. The minimum absolute atomic E-state index is 0.209. The van der Waals surface area contributed by atoms with Gasteiger partial charge in [-0.1, -0.05) is 6.58 Å². The Hall–Kier alpha value is -2.81. The number of nitrogens with zero attached hydrogens (tertiary/aromatic N) is 2. The SMILES string of the molecule is C=C(C)OC(=O)N1C[C@H](Oc2cc(OCC)nc3c(Br)c(OC)ccc23)C[C@H]1C=O. The van der Waals surface area contributed by atoms with Gasteiger partial charge in [0.1, 0.15) is 23.9 Å². The maximum Gasteiger partial charge on any atom is 0.415 e. The molecule has 1 fully saturated rings. The molecule has 8 nitrogen and oxygen atoms in total. The van der Waals surface area contributed by atoms with E-state index in [9.17, 15) is 9.59 Å². The Balaban J connectivity index is 1.93. The van der Waals surface area contributed by atoms with Gasteiger partial charge in [-0.2, -0.15) is 0 Å². The predicted molar refractivity (Wildman–Crippen MR) is 114 cm³/mol. The second kappa shape index (κ2) is 9.34. The lowest BCUT2D eigenvalue weighted by molar-refractivity contribution is -0.111. The van der Waals surface area contributed by atoms with E-state index in [1.165, 1.54) is 4.90 Å². The monoisotopic (exact) mass is 478 g/mol. The van der Waals surface area contributed by atoms with Gasteiger partial charge < -0.3 is 23.7 Å². The standard InChI is InChI=1S/C21H23BrN2O6/c1-5-28-18-9-17(15-6-7-16(27-4)19(22)20(15)23-18)30-14-8-13(11-25)24(10-14)21(26)29-12(2)3/h6-7,9,11,13-14H,2,5,8,10H2,1,3-4H3/t13-,14+/m0/s1. The maximum absolute atomic E-state index is 12.3. The summed E-state index contributed by atoms with van der Waals surface area (Å²) >= 11 is 3.52. The van der Waals surface area contributed by atoms with Gasteiger partial charge in [0.2, 0.25) is 5.88 Å². The van der Waals surface area contributed by atoms with Gasteiger partial charge in [0.05, 0.1) is 42.1 Å². The maximum atomic E-state index is 12.3.